The van der Waals surface area contributed by atoms with Gasteiger partial charge in [-0.05, 0) is 63.8 Å². The average molecular weight is 453 g/mol. The van der Waals surface area contributed by atoms with E-state index in [1.807, 2.05) is 27.7 Å². The minimum Gasteiger partial charge on any atom is -0.0683 e. The van der Waals surface area contributed by atoms with Gasteiger partial charge in [0.1, 0.15) is 0 Å². The van der Waals surface area contributed by atoms with Crippen LogP contribution in [-0.4, -0.2) is 0 Å². The van der Waals surface area contributed by atoms with Crippen molar-refractivity contribution in [3.63, 3.8) is 0 Å². The van der Waals surface area contributed by atoms with Crippen LogP contribution in [0.15, 0.2) is 84.9 Å². The molecule has 0 aliphatic rings. The SMILES string of the molecule is CC.CC.Cc1cccc(-c2cc(C)cc(C)c2)c1.Cc1cccc(-c2cc(C)cc(C)c2)c1. The predicted molar refractivity (Wildman–Crippen MR) is 155 cm³/mol. The Hall–Kier alpha value is -3.12. The highest BCUT2D eigenvalue weighted by Gasteiger charge is 2.00. The third kappa shape index (κ3) is 9.40. The highest BCUT2D eigenvalue weighted by molar-refractivity contribution is 5.66. The van der Waals surface area contributed by atoms with E-state index in [9.17, 15) is 0 Å². The second-order valence-electron chi connectivity index (χ2n) is 8.49. The second kappa shape index (κ2) is 14.9. The fourth-order valence-electron chi connectivity index (χ4n) is 3.93. The summed E-state index contributed by atoms with van der Waals surface area (Å²) in [4.78, 5) is 0. The summed E-state index contributed by atoms with van der Waals surface area (Å²) in [5.41, 5.74) is 13.2. The standard InChI is InChI=1S/2C15H16.2C2H6/c2*1-11-5-4-6-14(8-11)15-9-12(2)7-13(3)10-15;2*1-2/h2*4-10H,1-3H3;2*1-2H3. The molecule has 0 radical (unpaired) electrons. The first-order chi connectivity index (χ1) is 16.3. The molecule has 0 aliphatic heterocycles. The van der Waals surface area contributed by atoms with Crippen LogP contribution in [0.2, 0.25) is 0 Å². The minimum absolute atomic E-state index is 1.31. The molecule has 4 aromatic carbocycles. The van der Waals surface area contributed by atoms with Crippen LogP contribution >= 0.6 is 0 Å². The molecule has 0 amide bonds. The summed E-state index contributed by atoms with van der Waals surface area (Å²) < 4.78 is 0. The summed E-state index contributed by atoms with van der Waals surface area (Å²) in [6.45, 7) is 20.8. The molecule has 0 heteroatoms. The van der Waals surface area contributed by atoms with E-state index in [1.165, 1.54) is 55.6 Å². The lowest BCUT2D eigenvalue weighted by atomic mass is 10.00. The maximum Gasteiger partial charge on any atom is -0.0179 e. The largest absolute Gasteiger partial charge is 0.0683 e. The number of hydrogen-bond donors (Lipinski definition) is 0. The van der Waals surface area contributed by atoms with Crippen LogP contribution in [0.4, 0.5) is 0 Å². The Morgan fingerprint density at radius 3 is 0.824 bits per heavy atom. The molecule has 0 unspecified atom stereocenters. The van der Waals surface area contributed by atoms with Gasteiger partial charge in [-0.1, -0.05) is 146 Å². The van der Waals surface area contributed by atoms with Crippen molar-refractivity contribution in [2.24, 2.45) is 0 Å². The van der Waals surface area contributed by atoms with E-state index in [2.05, 4.69) is 126 Å². The van der Waals surface area contributed by atoms with E-state index < -0.39 is 0 Å². The van der Waals surface area contributed by atoms with Crippen LogP contribution in [-0.2, 0) is 0 Å². The maximum absolute atomic E-state index is 2.24. The molecule has 0 nitrogen and oxygen atoms in total. The van der Waals surface area contributed by atoms with Crippen LogP contribution in [0.1, 0.15) is 61.1 Å². The van der Waals surface area contributed by atoms with E-state index in [0.717, 1.165) is 0 Å². The molecule has 0 heterocycles. The Morgan fingerprint density at radius 2 is 0.559 bits per heavy atom. The molecule has 0 saturated heterocycles. The lowest BCUT2D eigenvalue weighted by molar-refractivity contribution is 1.38. The van der Waals surface area contributed by atoms with Crippen LogP contribution < -0.4 is 0 Å². The molecule has 0 aromatic heterocycles. The van der Waals surface area contributed by atoms with Crippen molar-refractivity contribution in [1.82, 2.24) is 0 Å². The summed E-state index contributed by atoms with van der Waals surface area (Å²) in [6, 6.07) is 30.7. The zero-order valence-corrected chi connectivity index (χ0v) is 23.1. The van der Waals surface area contributed by atoms with Crippen LogP contribution in [0.3, 0.4) is 0 Å². The Kier molecular flexibility index (Phi) is 12.7. The predicted octanol–water partition coefficient (Wildman–Crippen LogP) is 10.6. The summed E-state index contributed by atoms with van der Waals surface area (Å²) >= 11 is 0. The molecule has 0 N–H and O–H groups in total. The zero-order valence-electron chi connectivity index (χ0n) is 23.1. The van der Waals surface area contributed by atoms with Crippen molar-refractivity contribution in [2.75, 3.05) is 0 Å². The third-order valence-corrected chi connectivity index (χ3v) is 5.15. The van der Waals surface area contributed by atoms with Gasteiger partial charge < -0.3 is 0 Å². The van der Waals surface area contributed by atoms with Gasteiger partial charge in [0.2, 0.25) is 0 Å². The molecule has 4 rings (SSSR count). The molecule has 4 aromatic rings. The summed E-state index contributed by atoms with van der Waals surface area (Å²) in [7, 11) is 0. The maximum atomic E-state index is 2.24. The molecule has 0 bridgehead atoms. The Bertz CT molecular complexity index is 1010. The zero-order chi connectivity index (χ0) is 25.7. The molecule has 180 valence electrons. The van der Waals surface area contributed by atoms with Gasteiger partial charge in [0.15, 0.2) is 0 Å². The number of rotatable bonds is 2. The van der Waals surface area contributed by atoms with Gasteiger partial charge in [-0.2, -0.15) is 0 Å². The van der Waals surface area contributed by atoms with Gasteiger partial charge in [-0.25, -0.2) is 0 Å². The normalized spacial score (nSPS) is 9.47. The minimum atomic E-state index is 1.31. The number of hydrogen-bond acceptors (Lipinski definition) is 0. The summed E-state index contributed by atoms with van der Waals surface area (Å²) in [5.74, 6) is 0. The van der Waals surface area contributed by atoms with E-state index in [-0.39, 0.29) is 0 Å². The fraction of sp³-hybridized carbons (Fsp3) is 0.294. The molecule has 0 spiro atoms. The molecule has 0 fully saturated rings. The van der Waals surface area contributed by atoms with Crippen molar-refractivity contribution in [3.8, 4) is 22.3 Å². The number of benzene rings is 4. The topological polar surface area (TPSA) is 0 Å². The quantitative estimate of drug-likeness (QED) is 0.284. The van der Waals surface area contributed by atoms with Crippen LogP contribution in [0.25, 0.3) is 22.3 Å². The Morgan fingerprint density at radius 1 is 0.294 bits per heavy atom. The van der Waals surface area contributed by atoms with E-state index >= 15 is 0 Å². The van der Waals surface area contributed by atoms with Crippen LogP contribution in [0, 0.1) is 41.5 Å². The lowest BCUT2D eigenvalue weighted by Crippen LogP contribution is -1.83. The monoisotopic (exact) mass is 452 g/mol. The van der Waals surface area contributed by atoms with Crippen molar-refractivity contribution < 1.29 is 0 Å². The van der Waals surface area contributed by atoms with Crippen LogP contribution in [0.5, 0.6) is 0 Å². The third-order valence-electron chi connectivity index (χ3n) is 5.15. The van der Waals surface area contributed by atoms with Gasteiger partial charge in [-0.15, -0.1) is 0 Å². The summed E-state index contributed by atoms with van der Waals surface area (Å²) in [6.07, 6.45) is 0. The van der Waals surface area contributed by atoms with Gasteiger partial charge in [0.05, 0.1) is 0 Å². The van der Waals surface area contributed by atoms with E-state index in [4.69, 9.17) is 0 Å². The van der Waals surface area contributed by atoms with Gasteiger partial charge in [-0.3, -0.25) is 0 Å². The molecule has 34 heavy (non-hydrogen) atoms. The van der Waals surface area contributed by atoms with Crippen molar-refractivity contribution in [1.29, 1.82) is 0 Å². The Balaban J connectivity index is 0.000000297. The molecule has 0 saturated carbocycles. The van der Waals surface area contributed by atoms with Gasteiger partial charge in [0.25, 0.3) is 0 Å². The molecular weight excluding hydrogens is 408 g/mol. The lowest BCUT2D eigenvalue weighted by Gasteiger charge is -2.06. The first-order valence-electron chi connectivity index (χ1n) is 12.6. The van der Waals surface area contributed by atoms with Gasteiger partial charge in [0, 0.05) is 0 Å². The Labute approximate surface area is 209 Å². The van der Waals surface area contributed by atoms with Crippen molar-refractivity contribution in [3.05, 3.63) is 118 Å². The molecular formula is C34H44. The molecule has 0 atom stereocenters. The van der Waals surface area contributed by atoms with E-state index in [1.54, 1.807) is 0 Å². The first kappa shape index (κ1) is 28.9. The molecule has 0 aliphatic carbocycles. The highest BCUT2D eigenvalue weighted by atomic mass is 14.1. The summed E-state index contributed by atoms with van der Waals surface area (Å²) in [5, 5.41) is 0. The average Bonchev–Trinajstić information content (AvgIpc) is 2.81. The van der Waals surface area contributed by atoms with E-state index in [0.29, 0.717) is 0 Å². The fourth-order valence-corrected chi connectivity index (χ4v) is 3.93. The number of aryl methyl sites for hydroxylation is 6. The first-order valence-corrected chi connectivity index (χ1v) is 12.6. The smallest absolute Gasteiger partial charge is 0.0179 e. The highest BCUT2D eigenvalue weighted by Crippen LogP contribution is 2.24. The second-order valence-corrected chi connectivity index (χ2v) is 8.49. The van der Waals surface area contributed by atoms with Crippen molar-refractivity contribution in [2.45, 2.75) is 69.2 Å². The van der Waals surface area contributed by atoms with Crippen molar-refractivity contribution >= 4 is 0 Å². The van der Waals surface area contributed by atoms with Gasteiger partial charge >= 0.3 is 0 Å².